The summed E-state index contributed by atoms with van der Waals surface area (Å²) in [5.41, 5.74) is 7.12. The summed E-state index contributed by atoms with van der Waals surface area (Å²) < 4.78 is 1.54. The van der Waals surface area contributed by atoms with E-state index in [2.05, 4.69) is 15.5 Å². The molecule has 1 aliphatic rings. The molecule has 0 radical (unpaired) electrons. The number of nitrogens with two attached hydrogens (primary N) is 1. The highest BCUT2D eigenvalue weighted by molar-refractivity contribution is 5.95. The minimum atomic E-state index is 0.0139. The third-order valence-electron chi connectivity index (χ3n) is 2.92. The quantitative estimate of drug-likeness (QED) is 0.765. The molecule has 1 amide bonds. The Kier molecular flexibility index (Phi) is 2.52. The molecule has 7 heteroatoms. The summed E-state index contributed by atoms with van der Waals surface area (Å²) in [4.78, 5) is 13.7. The molecule has 0 spiro atoms. The van der Waals surface area contributed by atoms with Crippen LogP contribution in [0.3, 0.4) is 0 Å². The van der Waals surface area contributed by atoms with E-state index >= 15 is 0 Å². The van der Waals surface area contributed by atoms with Gasteiger partial charge in [0, 0.05) is 24.7 Å². The van der Waals surface area contributed by atoms with Crippen molar-refractivity contribution in [3.05, 3.63) is 36.2 Å². The average molecular weight is 244 g/mol. The second-order valence-corrected chi connectivity index (χ2v) is 4.27. The van der Waals surface area contributed by atoms with Crippen LogP contribution in [-0.4, -0.2) is 50.1 Å². The van der Waals surface area contributed by atoms with Crippen molar-refractivity contribution in [2.75, 3.05) is 13.1 Å². The maximum absolute atomic E-state index is 12.0. The Morgan fingerprint density at radius 3 is 2.56 bits per heavy atom. The van der Waals surface area contributed by atoms with Crippen LogP contribution in [0.5, 0.6) is 0 Å². The van der Waals surface area contributed by atoms with Crippen LogP contribution in [0.4, 0.5) is 0 Å². The average Bonchev–Trinajstić information content (AvgIpc) is 2.88. The van der Waals surface area contributed by atoms with Gasteiger partial charge in [-0.25, -0.2) is 4.68 Å². The number of hydrogen-bond acceptors (Lipinski definition) is 5. The molecule has 1 aliphatic heterocycles. The molecule has 2 heterocycles. The van der Waals surface area contributed by atoms with Gasteiger partial charge in [-0.15, -0.1) is 5.10 Å². The fraction of sp³-hybridized carbons (Fsp3) is 0.273. The van der Waals surface area contributed by atoms with E-state index in [-0.39, 0.29) is 11.9 Å². The zero-order valence-electron chi connectivity index (χ0n) is 9.60. The van der Waals surface area contributed by atoms with Gasteiger partial charge in [0.1, 0.15) is 6.33 Å². The van der Waals surface area contributed by atoms with Crippen LogP contribution >= 0.6 is 0 Å². The van der Waals surface area contributed by atoms with E-state index in [0.29, 0.717) is 18.7 Å². The standard InChI is InChI=1S/C11H12N6O/c12-9-5-16(6-9)11(18)8-1-3-10(4-2-8)17-7-13-14-15-17/h1-4,7,9H,5-6,12H2. The molecule has 7 nitrogen and oxygen atoms in total. The molecule has 2 N–H and O–H groups in total. The van der Waals surface area contributed by atoms with Crippen LogP contribution in [0.25, 0.3) is 5.69 Å². The van der Waals surface area contributed by atoms with Crippen LogP contribution in [0.1, 0.15) is 10.4 Å². The first-order valence-corrected chi connectivity index (χ1v) is 5.62. The number of likely N-dealkylation sites (tertiary alicyclic amines) is 1. The van der Waals surface area contributed by atoms with E-state index in [1.165, 1.54) is 11.0 Å². The minimum Gasteiger partial charge on any atom is -0.335 e. The Morgan fingerprint density at radius 1 is 1.28 bits per heavy atom. The summed E-state index contributed by atoms with van der Waals surface area (Å²) >= 11 is 0. The second kappa shape index (κ2) is 4.19. The smallest absolute Gasteiger partial charge is 0.253 e. The number of tetrazole rings is 1. The molecular formula is C11H12N6O. The SMILES string of the molecule is NC1CN(C(=O)c2ccc(-n3cnnn3)cc2)C1. The van der Waals surface area contributed by atoms with E-state index in [4.69, 9.17) is 5.73 Å². The third kappa shape index (κ3) is 1.84. The summed E-state index contributed by atoms with van der Waals surface area (Å²) in [6.07, 6.45) is 1.51. The lowest BCUT2D eigenvalue weighted by molar-refractivity contribution is 0.0608. The number of rotatable bonds is 2. The van der Waals surface area contributed by atoms with Crippen LogP contribution in [-0.2, 0) is 0 Å². The van der Waals surface area contributed by atoms with E-state index in [0.717, 1.165) is 5.69 Å². The monoisotopic (exact) mass is 244 g/mol. The predicted molar refractivity (Wildman–Crippen MR) is 63.0 cm³/mol. The summed E-state index contributed by atoms with van der Waals surface area (Å²) in [5.74, 6) is 0.0139. The summed E-state index contributed by atoms with van der Waals surface area (Å²) in [6.45, 7) is 1.27. The molecule has 3 rings (SSSR count). The lowest BCUT2D eigenvalue weighted by Gasteiger charge is -2.36. The Balaban J connectivity index is 1.77. The molecule has 0 saturated carbocycles. The molecule has 1 saturated heterocycles. The van der Waals surface area contributed by atoms with Crippen molar-refractivity contribution < 1.29 is 4.79 Å². The first-order chi connectivity index (χ1) is 8.74. The number of benzene rings is 1. The lowest BCUT2D eigenvalue weighted by Crippen LogP contribution is -2.57. The van der Waals surface area contributed by atoms with Crippen LogP contribution in [0.2, 0.25) is 0 Å². The highest BCUT2D eigenvalue weighted by atomic mass is 16.2. The Labute approximate surface area is 103 Å². The molecule has 2 aromatic rings. The first-order valence-electron chi connectivity index (χ1n) is 5.62. The van der Waals surface area contributed by atoms with Crippen molar-refractivity contribution in [1.29, 1.82) is 0 Å². The molecule has 0 atom stereocenters. The lowest BCUT2D eigenvalue weighted by atomic mass is 10.1. The Morgan fingerprint density at radius 2 is 2.00 bits per heavy atom. The third-order valence-corrected chi connectivity index (χ3v) is 2.92. The van der Waals surface area contributed by atoms with Gasteiger partial charge in [-0.3, -0.25) is 4.79 Å². The van der Waals surface area contributed by atoms with Gasteiger partial charge in [-0.05, 0) is 34.7 Å². The van der Waals surface area contributed by atoms with Gasteiger partial charge < -0.3 is 10.6 Å². The highest BCUT2D eigenvalue weighted by Crippen LogP contribution is 2.14. The number of carbonyl (C=O) groups is 1. The maximum atomic E-state index is 12.0. The van der Waals surface area contributed by atoms with Crippen molar-refractivity contribution in [3.8, 4) is 5.69 Å². The van der Waals surface area contributed by atoms with Crippen molar-refractivity contribution >= 4 is 5.91 Å². The molecule has 0 unspecified atom stereocenters. The summed E-state index contributed by atoms with van der Waals surface area (Å²) in [7, 11) is 0. The molecule has 92 valence electrons. The van der Waals surface area contributed by atoms with E-state index < -0.39 is 0 Å². The number of hydrogen-bond donors (Lipinski definition) is 1. The van der Waals surface area contributed by atoms with Gasteiger partial charge in [0.05, 0.1) is 5.69 Å². The van der Waals surface area contributed by atoms with Crippen molar-refractivity contribution in [1.82, 2.24) is 25.1 Å². The van der Waals surface area contributed by atoms with Gasteiger partial charge >= 0.3 is 0 Å². The largest absolute Gasteiger partial charge is 0.335 e. The van der Waals surface area contributed by atoms with Crippen LogP contribution in [0, 0.1) is 0 Å². The predicted octanol–water partition coefficient (Wildman–Crippen LogP) is -0.555. The first kappa shape index (κ1) is 10.8. The van der Waals surface area contributed by atoms with Gasteiger partial charge in [0.25, 0.3) is 5.91 Å². The highest BCUT2D eigenvalue weighted by Gasteiger charge is 2.28. The van der Waals surface area contributed by atoms with Crippen molar-refractivity contribution in [2.24, 2.45) is 5.73 Å². The minimum absolute atomic E-state index is 0.0139. The Bertz CT molecular complexity index is 543. The van der Waals surface area contributed by atoms with Gasteiger partial charge in [0.15, 0.2) is 0 Å². The fourth-order valence-corrected chi connectivity index (χ4v) is 1.90. The number of aromatic nitrogens is 4. The number of nitrogens with zero attached hydrogens (tertiary/aromatic N) is 5. The molecule has 0 bridgehead atoms. The van der Waals surface area contributed by atoms with Gasteiger partial charge in [-0.2, -0.15) is 0 Å². The number of amides is 1. The van der Waals surface area contributed by atoms with Crippen LogP contribution in [0.15, 0.2) is 30.6 Å². The molecule has 18 heavy (non-hydrogen) atoms. The summed E-state index contributed by atoms with van der Waals surface area (Å²) in [5, 5.41) is 10.9. The number of carbonyl (C=O) groups excluding carboxylic acids is 1. The second-order valence-electron chi connectivity index (χ2n) is 4.27. The maximum Gasteiger partial charge on any atom is 0.253 e. The normalized spacial score (nSPS) is 15.5. The zero-order valence-corrected chi connectivity index (χ0v) is 9.60. The van der Waals surface area contributed by atoms with Gasteiger partial charge in [0.2, 0.25) is 0 Å². The van der Waals surface area contributed by atoms with Gasteiger partial charge in [-0.1, -0.05) is 0 Å². The van der Waals surface area contributed by atoms with E-state index in [9.17, 15) is 4.79 Å². The molecule has 1 aromatic heterocycles. The molecule has 1 aromatic carbocycles. The van der Waals surface area contributed by atoms with Crippen molar-refractivity contribution in [3.63, 3.8) is 0 Å². The molecular weight excluding hydrogens is 232 g/mol. The zero-order chi connectivity index (χ0) is 12.5. The van der Waals surface area contributed by atoms with E-state index in [1.807, 2.05) is 12.1 Å². The Hall–Kier alpha value is -2.28. The molecule has 1 fully saturated rings. The van der Waals surface area contributed by atoms with Crippen molar-refractivity contribution in [2.45, 2.75) is 6.04 Å². The summed E-state index contributed by atoms with van der Waals surface area (Å²) in [6, 6.07) is 7.27. The molecule has 0 aliphatic carbocycles. The van der Waals surface area contributed by atoms with Crippen LogP contribution < -0.4 is 5.73 Å². The fourth-order valence-electron chi connectivity index (χ4n) is 1.90. The topological polar surface area (TPSA) is 89.9 Å². The van der Waals surface area contributed by atoms with E-state index in [1.54, 1.807) is 17.0 Å².